The molecule has 0 unspecified atom stereocenters. The molecule has 1 aromatic carbocycles. The summed E-state index contributed by atoms with van der Waals surface area (Å²) in [5.74, 6) is 0.212. The number of hydrogen-bond acceptors (Lipinski definition) is 7. The van der Waals surface area contributed by atoms with Crippen LogP contribution in [0.5, 0.6) is 11.6 Å². The molecule has 0 saturated carbocycles. The maximum Gasteiger partial charge on any atom is 0.220 e. The maximum atomic E-state index is 13.1. The van der Waals surface area contributed by atoms with Crippen LogP contribution in [0.15, 0.2) is 22.2 Å². The molecule has 138 valence electrons. The van der Waals surface area contributed by atoms with Crippen LogP contribution in [0.1, 0.15) is 40.5 Å². The monoisotopic (exact) mass is 375 g/mol. The predicted octanol–water partition coefficient (Wildman–Crippen LogP) is 2.91. The Morgan fingerprint density at radius 3 is 2.88 bits per heavy atom. The summed E-state index contributed by atoms with van der Waals surface area (Å²) in [7, 11) is 1.60. The van der Waals surface area contributed by atoms with E-state index in [4.69, 9.17) is 9.57 Å². The summed E-state index contributed by atoms with van der Waals surface area (Å²) >= 11 is 1.43. The first-order valence-corrected chi connectivity index (χ1v) is 9.52. The van der Waals surface area contributed by atoms with E-state index in [1.165, 1.54) is 16.4 Å². The summed E-state index contributed by atoms with van der Waals surface area (Å²) in [6.45, 7) is 4.54. The van der Waals surface area contributed by atoms with E-state index < -0.39 is 0 Å². The standard InChI is InChI=1S/C18H21N3O4S/c1-5-25-20-13-8-9-24-16-11(13)6-7-12(17(16)26-4)15(22)14-10(2)19-21(3)18(14)23/h6-7,23H,5,8-9H2,1-4H3/b20-13+. The molecule has 1 N–H and O–H groups in total. The minimum absolute atomic E-state index is 0.142. The van der Waals surface area contributed by atoms with Gasteiger partial charge in [-0.05, 0) is 32.2 Å². The van der Waals surface area contributed by atoms with Gasteiger partial charge in [-0.1, -0.05) is 5.16 Å². The van der Waals surface area contributed by atoms with Gasteiger partial charge in [0.25, 0.3) is 0 Å². The Balaban J connectivity index is 2.11. The lowest BCUT2D eigenvalue weighted by molar-refractivity contribution is 0.103. The van der Waals surface area contributed by atoms with E-state index >= 15 is 0 Å². The fourth-order valence-corrected chi connectivity index (χ4v) is 3.72. The molecule has 0 atom stereocenters. The molecular formula is C18H21N3O4S. The SMILES string of the molecule is CCO/N=C1\CCOc2c1ccc(C(=O)c1c(C)nn(C)c1O)c2SC. The zero-order chi connectivity index (χ0) is 18.8. The molecule has 2 heterocycles. The third-order valence-corrected chi connectivity index (χ3v) is 4.99. The minimum Gasteiger partial charge on any atom is -0.493 e. The Hall–Kier alpha value is -2.48. The van der Waals surface area contributed by atoms with Crippen LogP contribution in [0.3, 0.4) is 0 Å². The molecule has 7 nitrogen and oxygen atoms in total. The van der Waals surface area contributed by atoms with E-state index in [1.807, 2.05) is 19.2 Å². The summed E-state index contributed by atoms with van der Waals surface area (Å²) < 4.78 is 7.15. The third-order valence-electron chi connectivity index (χ3n) is 4.18. The van der Waals surface area contributed by atoms with Gasteiger partial charge in [0.15, 0.2) is 0 Å². The number of ether oxygens (including phenoxy) is 1. The van der Waals surface area contributed by atoms with Crippen LogP contribution in [0.2, 0.25) is 0 Å². The Morgan fingerprint density at radius 1 is 1.50 bits per heavy atom. The van der Waals surface area contributed by atoms with Crippen molar-refractivity contribution in [3.05, 3.63) is 34.5 Å². The largest absolute Gasteiger partial charge is 0.493 e. The van der Waals surface area contributed by atoms with Gasteiger partial charge in [-0.3, -0.25) is 4.79 Å². The molecule has 0 aliphatic carbocycles. The summed E-state index contributed by atoms with van der Waals surface area (Å²) in [5, 5.41) is 18.5. The van der Waals surface area contributed by atoms with Crippen LogP contribution < -0.4 is 4.74 Å². The number of oxime groups is 1. The lowest BCUT2D eigenvalue weighted by Gasteiger charge is -2.22. The highest BCUT2D eigenvalue weighted by atomic mass is 32.2. The summed E-state index contributed by atoms with van der Waals surface area (Å²) in [6.07, 6.45) is 2.54. The van der Waals surface area contributed by atoms with Crippen molar-refractivity contribution in [2.75, 3.05) is 19.5 Å². The molecule has 0 bridgehead atoms. The van der Waals surface area contributed by atoms with Gasteiger partial charge in [0.1, 0.15) is 17.9 Å². The lowest BCUT2D eigenvalue weighted by Crippen LogP contribution is -2.19. The van der Waals surface area contributed by atoms with E-state index in [-0.39, 0.29) is 17.2 Å². The predicted molar refractivity (Wildman–Crippen MR) is 99.5 cm³/mol. The normalized spacial score (nSPS) is 14.8. The molecule has 26 heavy (non-hydrogen) atoms. The Kier molecular flexibility index (Phi) is 5.22. The van der Waals surface area contributed by atoms with E-state index in [2.05, 4.69) is 10.3 Å². The highest BCUT2D eigenvalue weighted by Gasteiger charge is 2.28. The summed E-state index contributed by atoms with van der Waals surface area (Å²) in [5.41, 5.74) is 2.81. The summed E-state index contributed by atoms with van der Waals surface area (Å²) in [4.78, 5) is 19.0. The first-order chi connectivity index (χ1) is 12.5. The van der Waals surface area contributed by atoms with Gasteiger partial charge < -0.3 is 14.7 Å². The molecule has 1 aliphatic heterocycles. The second kappa shape index (κ2) is 7.41. The van der Waals surface area contributed by atoms with Crippen molar-refractivity contribution in [1.29, 1.82) is 0 Å². The van der Waals surface area contributed by atoms with Crippen molar-refractivity contribution in [3.63, 3.8) is 0 Å². The van der Waals surface area contributed by atoms with Crippen LogP contribution in [0, 0.1) is 6.92 Å². The first kappa shape index (κ1) is 18.3. The van der Waals surface area contributed by atoms with Crippen molar-refractivity contribution in [3.8, 4) is 11.6 Å². The van der Waals surface area contributed by atoms with Crippen molar-refractivity contribution in [2.24, 2.45) is 12.2 Å². The van der Waals surface area contributed by atoms with Crippen LogP contribution in [-0.4, -0.2) is 45.9 Å². The zero-order valence-corrected chi connectivity index (χ0v) is 16.0. The van der Waals surface area contributed by atoms with Gasteiger partial charge in [0.2, 0.25) is 11.7 Å². The van der Waals surface area contributed by atoms with Crippen molar-refractivity contribution >= 4 is 23.3 Å². The van der Waals surface area contributed by atoms with Gasteiger partial charge >= 0.3 is 0 Å². The van der Waals surface area contributed by atoms with Crippen molar-refractivity contribution in [2.45, 2.75) is 25.2 Å². The fourth-order valence-electron chi connectivity index (χ4n) is 2.98. The topological polar surface area (TPSA) is 85.9 Å². The average molecular weight is 375 g/mol. The molecule has 0 amide bonds. The highest BCUT2D eigenvalue weighted by Crippen LogP contribution is 2.39. The van der Waals surface area contributed by atoms with E-state index in [9.17, 15) is 9.90 Å². The second-order valence-electron chi connectivity index (χ2n) is 5.81. The van der Waals surface area contributed by atoms with Crippen LogP contribution in [0.4, 0.5) is 0 Å². The lowest BCUT2D eigenvalue weighted by atomic mass is 9.97. The molecule has 0 radical (unpaired) electrons. The Labute approximate surface area is 156 Å². The first-order valence-electron chi connectivity index (χ1n) is 8.29. The average Bonchev–Trinajstić information content (AvgIpc) is 2.90. The second-order valence-corrected chi connectivity index (χ2v) is 6.63. The minimum atomic E-state index is -0.280. The Morgan fingerprint density at radius 2 is 2.27 bits per heavy atom. The number of aromatic nitrogens is 2. The molecule has 0 fully saturated rings. The molecule has 1 aromatic heterocycles. The quantitative estimate of drug-likeness (QED) is 0.491. The molecule has 1 aliphatic rings. The number of thioether (sulfide) groups is 1. The van der Waals surface area contributed by atoms with E-state index in [1.54, 1.807) is 20.0 Å². The van der Waals surface area contributed by atoms with Gasteiger partial charge in [-0.25, -0.2) is 4.68 Å². The number of ketones is 1. The van der Waals surface area contributed by atoms with Crippen molar-refractivity contribution < 1.29 is 19.5 Å². The highest BCUT2D eigenvalue weighted by molar-refractivity contribution is 7.98. The number of carbonyl (C=O) groups is 1. The number of benzene rings is 1. The number of aromatic hydroxyl groups is 1. The molecule has 0 spiro atoms. The molecule has 3 rings (SSSR count). The van der Waals surface area contributed by atoms with Gasteiger partial charge in [0, 0.05) is 24.6 Å². The van der Waals surface area contributed by atoms with Gasteiger partial charge in [-0.15, -0.1) is 11.8 Å². The van der Waals surface area contributed by atoms with Crippen molar-refractivity contribution in [1.82, 2.24) is 9.78 Å². The van der Waals surface area contributed by atoms with Gasteiger partial charge in [0.05, 0.1) is 22.9 Å². The smallest absolute Gasteiger partial charge is 0.220 e. The maximum absolute atomic E-state index is 13.1. The summed E-state index contributed by atoms with van der Waals surface area (Å²) in [6, 6.07) is 3.57. The molecule has 2 aromatic rings. The zero-order valence-electron chi connectivity index (χ0n) is 15.2. The van der Waals surface area contributed by atoms with Gasteiger partial charge in [-0.2, -0.15) is 5.10 Å². The number of rotatable bonds is 5. The molecular weight excluding hydrogens is 354 g/mol. The number of aryl methyl sites for hydroxylation is 2. The van der Waals surface area contributed by atoms with E-state index in [0.29, 0.717) is 36.6 Å². The molecule has 8 heteroatoms. The number of nitrogens with zero attached hydrogens (tertiary/aromatic N) is 3. The third kappa shape index (κ3) is 3.05. The molecule has 0 saturated heterocycles. The number of fused-ring (bicyclic) bond motifs is 1. The van der Waals surface area contributed by atoms with E-state index in [0.717, 1.165) is 16.2 Å². The number of hydrogen-bond donors (Lipinski definition) is 1. The van der Waals surface area contributed by atoms with Crippen LogP contribution in [0.25, 0.3) is 0 Å². The Bertz CT molecular complexity index is 889. The number of carbonyl (C=O) groups excluding carboxylic acids is 1. The van der Waals surface area contributed by atoms with Crippen LogP contribution >= 0.6 is 11.8 Å². The fraction of sp³-hybridized carbons (Fsp3) is 0.389. The van der Waals surface area contributed by atoms with Crippen LogP contribution in [-0.2, 0) is 11.9 Å².